The minimum Gasteiger partial charge on any atom is -0.331 e. The van der Waals surface area contributed by atoms with Gasteiger partial charge in [0.25, 0.3) is 0 Å². The maximum Gasteiger partial charge on any atom is 0.245 e. The molecule has 0 aliphatic heterocycles. The van der Waals surface area contributed by atoms with Gasteiger partial charge >= 0.3 is 0 Å². The molecule has 1 aromatic carbocycles. The van der Waals surface area contributed by atoms with E-state index in [-0.39, 0.29) is 16.7 Å². The van der Waals surface area contributed by atoms with Crippen molar-refractivity contribution in [2.24, 2.45) is 17.9 Å². The second kappa shape index (κ2) is 5.33. The van der Waals surface area contributed by atoms with Gasteiger partial charge in [-0.15, -0.1) is 0 Å². The zero-order valence-electron chi connectivity index (χ0n) is 16.0. The lowest BCUT2D eigenvalue weighted by Gasteiger charge is -2.17. The van der Waals surface area contributed by atoms with Gasteiger partial charge in [-0.25, -0.2) is 4.98 Å². The molecule has 4 rings (SSSR count). The number of benzene rings is 1. The minimum atomic E-state index is -0.834. The maximum absolute atomic E-state index is 12.9. The first-order valence-electron chi connectivity index (χ1n) is 9.42. The minimum absolute atomic E-state index is 0.0507. The van der Waals surface area contributed by atoms with Crippen LogP contribution in [0.3, 0.4) is 0 Å². The van der Waals surface area contributed by atoms with Crippen molar-refractivity contribution in [2.45, 2.75) is 58.3 Å². The van der Waals surface area contributed by atoms with Crippen molar-refractivity contribution in [3.8, 4) is 6.07 Å². The largest absolute Gasteiger partial charge is 0.331 e. The predicted octanol–water partition coefficient (Wildman–Crippen LogP) is 4.28. The summed E-state index contributed by atoms with van der Waals surface area (Å²) in [7, 11) is 2.02. The molecule has 0 radical (unpaired) electrons. The molecule has 2 aromatic rings. The van der Waals surface area contributed by atoms with Gasteiger partial charge in [0.15, 0.2) is 0 Å². The van der Waals surface area contributed by atoms with Gasteiger partial charge in [-0.1, -0.05) is 33.6 Å². The molecule has 1 aromatic heterocycles. The van der Waals surface area contributed by atoms with E-state index in [0.717, 1.165) is 48.2 Å². The number of hydrogen-bond acceptors (Lipinski definition) is 3. The van der Waals surface area contributed by atoms with Crippen LogP contribution in [0.4, 0.5) is 5.69 Å². The molecule has 1 spiro atoms. The Morgan fingerprint density at radius 3 is 2.62 bits per heavy atom. The number of nitrogens with one attached hydrogen (secondary N) is 1. The fourth-order valence-electron chi connectivity index (χ4n) is 4.83. The van der Waals surface area contributed by atoms with Gasteiger partial charge in [0.1, 0.15) is 11.2 Å². The van der Waals surface area contributed by atoms with E-state index >= 15 is 0 Å². The highest BCUT2D eigenvalue weighted by molar-refractivity contribution is 6.01. The zero-order valence-corrected chi connectivity index (χ0v) is 16.0. The van der Waals surface area contributed by atoms with Crippen molar-refractivity contribution >= 4 is 22.6 Å². The third-order valence-electron chi connectivity index (χ3n) is 6.33. The highest BCUT2D eigenvalue weighted by atomic mass is 16.2. The maximum atomic E-state index is 12.9. The van der Waals surface area contributed by atoms with Crippen molar-refractivity contribution in [3.63, 3.8) is 0 Å². The van der Waals surface area contributed by atoms with E-state index in [2.05, 4.69) is 36.7 Å². The molecule has 1 amide bonds. The first-order chi connectivity index (χ1) is 12.2. The topological polar surface area (TPSA) is 70.7 Å². The van der Waals surface area contributed by atoms with Crippen molar-refractivity contribution < 1.29 is 4.79 Å². The Labute approximate surface area is 154 Å². The molecular weight excluding hydrogens is 324 g/mol. The number of carbonyl (C=O) groups excluding carboxylic acids is 1. The third-order valence-corrected chi connectivity index (χ3v) is 6.33. The Bertz CT molecular complexity index is 937. The van der Waals surface area contributed by atoms with Gasteiger partial charge in [0, 0.05) is 23.6 Å². The van der Waals surface area contributed by atoms with Crippen LogP contribution >= 0.6 is 0 Å². The summed E-state index contributed by atoms with van der Waals surface area (Å²) < 4.78 is 2.10. The highest BCUT2D eigenvalue weighted by Gasteiger charge is 2.72. The molecular formula is C21H26N4O. The zero-order chi connectivity index (χ0) is 18.7. The van der Waals surface area contributed by atoms with Crippen LogP contribution in [0.2, 0.25) is 0 Å². The quantitative estimate of drug-likeness (QED) is 0.878. The molecule has 0 saturated heterocycles. The molecule has 5 heteroatoms. The second-order valence-corrected chi connectivity index (χ2v) is 9.08. The first kappa shape index (κ1) is 17.1. The van der Waals surface area contributed by atoms with Crippen LogP contribution in [0, 0.1) is 22.2 Å². The molecule has 2 aliphatic carbocycles. The number of amides is 1. The van der Waals surface area contributed by atoms with Crippen LogP contribution in [-0.2, 0) is 17.3 Å². The van der Waals surface area contributed by atoms with E-state index in [1.54, 1.807) is 0 Å². The number of hydrogen-bond donors (Lipinski definition) is 1. The van der Waals surface area contributed by atoms with Gasteiger partial charge in [-0.2, -0.15) is 5.26 Å². The highest BCUT2D eigenvalue weighted by Crippen LogP contribution is 2.71. The van der Waals surface area contributed by atoms with Gasteiger partial charge in [0.2, 0.25) is 5.91 Å². The summed E-state index contributed by atoms with van der Waals surface area (Å²) in [5.41, 5.74) is 1.68. The summed E-state index contributed by atoms with van der Waals surface area (Å²) >= 11 is 0. The predicted molar refractivity (Wildman–Crippen MR) is 102 cm³/mol. The fraction of sp³-hybridized carbons (Fsp3) is 0.571. The van der Waals surface area contributed by atoms with E-state index < -0.39 is 5.41 Å². The summed E-state index contributed by atoms with van der Waals surface area (Å²) in [6, 6.07) is 8.15. The smallest absolute Gasteiger partial charge is 0.245 e. The van der Waals surface area contributed by atoms with Crippen LogP contribution in [-0.4, -0.2) is 15.5 Å². The average Bonchev–Trinajstić information content (AvgIpc) is 2.83. The van der Waals surface area contributed by atoms with Crippen LogP contribution in [0.1, 0.15) is 58.7 Å². The molecule has 1 unspecified atom stereocenters. The van der Waals surface area contributed by atoms with E-state index in [0.29, 0.717) is 6.42 Å². The standard InChI is InChI=1S/C21H26N4O/c1-19(2,3)17-24-15-11-14(7-8-16(15)25(17)4)23-18(26)21(13-22)12-20(21)9-5-6-10-20/h7-8,11H,5-6,9-10,12H2,1-4H3,(H,23,26). The van der Waals surface area contributed by atoms with Crippen molar-refractivity contribution in [3.05, 3.63) is 24.0 Å². The lowest BCUT2D eigenvalue weighted by Crippen LogP contribution is -2.27. The monoisotopic (exact) mass is 350 g/mol. The van der Waals surface area contributed by atoms with Crippen molar-refractivity contribution in [1.29, 1.82) is 5.26 Å². The molecule has 1 N–H and O–H groups in total. The number of nitrogens with zero attached hydrogens (tertiary/aromatic N) is 3. The molecule has 2 fully saturated rings. The summed E-state index contributed by atoms with van der Waals surface area (Å²) in [6.07, 6.45) is 4.98. The van der Waals surface area contributed by atoms with Gasteiger partial charge in [-0.05, 0) is 37.5 Å². The number of fused-ring (bicyclic) bond motifs is 1. The summed E-state index contributed by atoms with van der Waals surface area (Å²) in [4.78, 5) is 17.7. The summed E-state index contributed by atoms with van der Waals surface area (Å²) in [5.74, 6) is 0.866. The molecule has 26 heavy (non-hydrogen) atoms. The number of anilines is 1. The lowest BCUT2D eigenvalue weighted by atomic mass is 9.91. The van der Waals surface area contributed by atoms with E-state index in [1.807, 2.05) is 25.2 Å². The molecule has 2 saturated carbocycles. The van der Waals surface area contributed by atoms with Gasteiger partial charge in [0.05, 0.1) is 17.1 Å². The van der Waals surface area contributed by atoms with E-state index in [4.69, 9.17) is 4.98 Å². The molecule has 1 heterocycles. The Morgan fingerprint density at radius 1 is 1.31 bits per heavy atom. The van der Waals surface area contributed by atoms with E-state index in [9.17, 15) is 10.1 Å². The fourth-order valence-corrected chi connectivity index (χ4v) is 4.83. The second-order valence-electron chi connectivity index (χ2n) is 9.08. The number of aryl methyl sites for hydroxylation is 1. The SMILES string of the molecule is Cn1c(C(C)(C)C)nc2cc(NC(=O)C3(C#N)CC34CCCC4)ccc21. The molecule has 136 valence electrons. The van der Waals surface area contributed by atoms with Crippen LogP contribution in [0.5, 0.6) is 0 Å². The first-order valence-corrected chi connectivity index (χ1v) is 9.42. The average molecular weight is 350 g/mol. The molecule has 0 bridgehead atoms. The number of aromatic nitrogens is 2. The van der Waals surface area contributed by atoms with Crippen LogP contribution in [0.15, 0.2) is 18.2 Å². The molecule has 1 atom stereocenters. The summed E-state index contributed by atoms with van der Waals surface area (Å²) in [6.45, 7) is 6.42. The van der Waals surface area contributed by atoms with E-state index in [1.165, 1.54) is 0 Å². The Kier molecular flexibility index (Phi) is 3.50. The summed E-state index contributed by atoms with van der Waals surface area (Å²) in [5, 5.41) is 12.7. The Hall–Kier alpha value is -2.35. The van der Waals surface area contributed by atoms with Crippen molar-refractivity contribution in [1.82, 2.24) is 9.55 Å². The van der Waals surface area contributed by atoms with Crippen LogP contribution in [0.25, 0.3) is 11.0 Å². The molecule has 5 nitrogen and oxygen atoms in total. The number of carbonyl (C=O) groups is 1. The number of imidazole rings is 1. The normalized spacial score (nSPS) is 24.0. The number of rotatable bonds is 2. The van der Waals surface area contributed by atoms with Crippen molar-refractivity contribution in [2.75, 3.05) is 5.32 Å². The van der Waals surface area contributed by atoms with Gasteiger partial charge in [-0.3, -0.25) is 4.79 Å². The Balaban J connectivity index is 1.62. The molecule has 2 aliphatic rings. The van der Waals surface area contributed by atoms with Gasteiger partial charge < -0.3 is 9.88 Å². The Morgan fingerprint density at radius 2 is 2.00 bits per heavy atom. The number of nitriles is 1. The van der Waals surface area contributed by atoms with Crippen LogP contribution < -0.4 is 5.32 Å². The lowest BCUT2D eigenvalue weighted by molar-refractivity contribution is -0.120. The third kappa shape index (κ3) is 2.28.